The smallest absolute Gasteiger partial charge is 0.303 e. The SMILES string of the molecule is CO[C@@H]1O[C@H](CN=[N+]=[N-])[C@H](O[C@H]2O[C@H](COCc3ccccc3)[C@H](OCc3ccccc3)[C@H](OCc3ccccc3)[C@H]2OCc2ccccc2)[C@H](OC(C)=O)[C@H]1OC(C)=O. The minimum Gasteiger partial charge on any atom is -0.455 e. The summed E-state index contributed by atoms with van der Waals surface area (Å²) in [6.07, 6.45) is -10.9. The van der Waals surface area contributed by atoms with Gasteiger partial charge in [0.25, 0.3) is 0 Å². The number of carbonyl (C=O) groups is 2. The summed E-state index contributed by atoms with van der Waals surface area (Å²) in [7, 11) is 1.35. The third kappa shape index (κ3) is 12.7. The quantitative estimate of drug-likeness (QED) is 0.0404. The highest BCUT2D eigenvalue weighted by molar-refractivity contribution is 5.67. The molecule has 10 atom stereocenters. The predicted octanol–water partition coefficient (Wildman–Crippen LogP) is 6.61. The number of nitrogens with zero attached hydrogens (tertiary/aromatic N) is 3. The molecule has 2 fully saturated rings. The van der Waals surface area contributed by atoms with Crippen LogP contribution in [0.1, 0.15) is 36.1 Å². The fraction of sp³-hybridized carbons (Fsp3) is 0.422. The Balaban J connectivity index is 1.42. The van der Waals surface area contributed by atoms with Gasteiger partial charge >= 0.3 is 11.9 Å². The largest absolute Gasteiger partial charge is 0.455 e. The van der Waals surface area contributed by atoms with Gasteiger partial charge in [-0.05, 0) is 27.8 Å². The van der Waals surface area contributed by atoms with Crippen molar-refractivity contribution >= 4 is 11.9 Å². The molecule has 0 aliphatic carbocycles. The lowest BCUT2D eigenvalue weighted by molar-refractivity contribution is -0.367. The Kier molecular flexibility index (Phi) is 17.0. The summed E-state index contributed by atoms with van der Waals surface area (Å²) in [5, 5.41) is 3.76. The average molecular weight is 826 g/mol. The predicted molar refractivity (Wildman–Crippen MR) is 215 cm³/mol. The number of carbonyl (C=O) groups excluding carboxylic acids is 2. The molecule has 0 radical (unpaired) electrons. The first-order chi connectivity index (χ1) is 29.3. The van der Waals surface area contributed by atoms with Crippen LogP contribution in [0.5, 0.6) is 0 Å². The number of methoxy groups -OCH3 is 1. The lowest BCUT2D eigenvalue weighted by Gasteiger charge is -2.49. The van der Waals surface area contributed by atoms with Crippen LogP contribution in [0, 0.1) is 0 Å². The maximum absolute atomic E-state index is 12.7. The molecule has 2 saturated heterocycles. The van der Waals surface area contributed by atoms with E-state index in [0.717, 1.165) is 22.3 Å². The molecular weight excluding hydrogens is 775 g/mol. The average Bonchev–Trinajstić information content (AvgIpc) is 3.26. The minimum atomic E-state index is -1.31. The van der Waals surface area contributed by atoms with E-state index in [1.807, 2.05) is 121 Å². The van der Waals surface area contributed by atoms with Crippen molar-refractivity contribution in [2.45, 2.75) is 102 Å². The minimum absolute atomic E-state index is 0.0450. The summed E-state index contributed by atoms with van der Waals surface area (Å²) < 4.78 is 63.6. The van der Waals surface area contributed by atoms with E-state index >= 15 is 0 Å². The van der Waals surface area contributed by atoms with Crippen molar-refractivity contribution < 1.29 is 57.0 Å². The van der Waals surface area contributed by atoms with E-state index in [4.69, 9.17) is 47.4 Å². The lowest BCUT2D eigenvalue weighted by atomic mass is 9.95. The van der Waals surface area contributed by atoms with Gasteiger partial charge in [-0.3, -0.25) is 9.59 Å². The molecule has 0 unspecified atom stereocenters. The van der Waals surface area contributed by atoms with E-state index in [1.54, 1.807) is 0 Å². The monoisotopic (exact) mass is 825 g/mol. The molecule has 0 bridgehead atoms. The van der Waals surface area contributed by atoms with E-state index < -0.39 is 73.4 Å². The Morgan fingerprint density at radius 2 is 1.02 bits per heavy atom. The number of esters is 2. The summed E-state index contributed by atoms with van der Waals surface area (Å²) in [6, 6.07) is 38.7. The van der Waals surface area contributed by atoms with Crippen LogP contribution in [0.3, 0.4) is 0 Å². The lowest BCUT2D eigenvalue weighted by Crippen LogP contribution is -2.66. The molecule has 2 heterocycles. The van der Waals surface area contributed by atoms with E-state index in [1.165, 1.54) is 21.0 Å². The summed E-state index contributed by atoms with van der Waals surface area (Å²) in [4.78, 5) is 28.1. The van der Waals surface area contributed by atoms with Gasteiger partial charge in [0, 0.05) is 25.9 Å². The highest BCUT2D eigenvalue weighted by Crippen LogP contribution is 2.36. The molecule has 0 amide bonds. The second-order valence-corrected chi connectivity index (χ2v) is 14.3. The first kappa shape index (κ1) is 44.4. The highest BCUT2D eigenvalue weighted by Gasteiger charge is 2.55. The second-order valence-electron chi connectivity index (χ2n) is 14.3. The number of azide groups is 1. The molecule has 2 aliphatic heterocycles. The van der Waals surface area contributed by atoms with Crippen LogP contribution in [0.4, 0.5) is 0 Å². The van der Waals surface area contributed by atoms with Crippen LogP contribution >= 0.6 is 0 Å². The molecule has 0 N–H and O–H groups in total. The number of hydrogen-bond acceptors (Lipinski definition) is 13. The molecule has 4 aromatic carbocycles. The summed E-state index contributed by atoms with van der Waals surface area (Å²) in [5.41, 5.74) is 13.0. The Morgan fingerprint density at radius 3 is 1.50 bits per heavy atom. The maximum atomic E-state index is 12.7. The van der Waals surface area contributed by atoms with Crippen LogP contribution in [-0.4, -0.2) is 93.6 Å². The fourth-order valence-corrected chi connectivity index (χ4v) is 7.15. The third-order valence-corrected chi connectivity index (χ3v) is 9.88. The van der Waals surface area contributed by atoms with Crippen molar-refractivity contribution in [3.8, 4) is 0 Å². The first-order valence-electron chi connectivity index (χ1n) is 19.8. The fourth-order valence-electron chi connectivity index (χ4n) is 7.15. The van der Waals surface area contributed by atoms with Gasteiger partial charge in [-0.25, -0.2) is 0 Å². The van der Waals surface area contributed by atoms with Crippen molar-refractivity contribution in [2.24, 2.45) is 5.11 Å². The number of benzene rings is 4. The number of rotatable bonds is 20. The maximum Gasteiger partial charge on any atom is 0.303 e. The Morgan fingerprint density at radius 1 is 0.567 bits per heavy atom. The molecule has 318 valence electrons. The zero-order chi connectivity index (χ0) is 42.1. The molecule has 60 heavy (non-hydrogen) atoms. The van der Waals surface area contributed by atoms with Gasteiger partial charge in [-0.15, -0.1) is 0 Å². The molecular formula is C45H51N3O12. The van der Waals surface area contributed by atoms with Crippen molar-refractivity contribution in [1.82, 2.24) is 0 Å². The normalized spacial score (nSPS) is 26.4. The summed E-state index contributed by atoms with van der Waals surface area (Å²) in [5.74, 6) is -1.38. The highest BCUT2D eigenvalue weighted by atomic mass is 16.8. The van der Waals surface area contributed by atoms with Crippen LogP contribution in [0.25, 0.3) is 10.4 Å². The molecule has 2 aliphatic rings. The van der Waals surface area contributed by atoms with E-state index in [0.29, 0.717) is 0 Å². The van der Waals surface area contributed by atoms with Gasteiger partial charge in [-0.1, -0.05) is 126 Å². The number of ether oxygens (including phenoxy) is 10. The zero-order valence-corrected chi connectivity index (χ0v) is 33.8. The van der Waals surface area contributed by atoms with Crippen LogP contribution in [-0.2, 0) is 83.4 Å². The van der Waals surface area contributed by atoms with Gasteiger partial charge in [-0.2, -0.15) is 0 Å². The molecule has 0 spiro atoms. The molecule has 4 aromatic rings. The Bertz CT molecular complexity index is 1940. The molecule has 15 nitrogen and oxygen atoms in total. The van der Waals surface area contributed by atoms with Gasteiger partial charge < -0.3 is 47.4 Å². The second kappa shape index (κ2) is 23.0. The van der Waals surface area contributed by atoms with Crippen LogP contribution in [0.2, 0.25) is 0 Å². The summed E-state index contributed by atoms with van der Waals surface area (Å²) >= 11 is 0. The van der Waals surface area contributed by atoms with Crippen molar-refractivity contribution in [3.63, 3.8) is 0 Å². The zero-order valence-electron chi connectivity index (χ0n) is 33.8. The van der Waals surface area contributed by atoms with Gasteiger partial charge in [0.2, 0.25) is 0 Å². The van der Waals surface area contributed by atoms with E-state index in [2.05, 4.69) is 10.0 Å². The molecule has 0 saturated carbocycles. The molecule has 15 heteroatoms. The van der Waals surface area contributed by atoms with Gasteiger partial charge in [0.15, 0.2) is 24.8 Å². The molecule has 6 rings (SSSR count). The topological polar surface area (TPSA) is 175 Å². The Labute approximate surface area is 349 Å². The van der Waals surface area contributed by atoms with Crippen molar-refractivity contribution in [2.75, 3.05) is 20.3 Å². The van der Waals surface area contributed by atoms with Crippen LogP contribution < -0.4 is 0 Å². The van der Waals surface area contributed by atoms with Crippen LogP contribution in [0.15, 0.2) is 126 Å². The van der Waals surface area contributed by atoms with Crippen molar-refractivity contribution in [1.29, 1.82) is 0 Å². The van der Waals surface area contributed by atoms with Gasteiger partial charge in [0.05, 0.1) is 45.7 Å². The van der Waals surface area contributed by atoms with E-state index in [9.17, 15) is 15.1 Å². The number of hydrogen-bond donors (Lipinski definition) is 0. The third-order valence-electron chi connectivity index (χ3n) is 9.88. The van der Waals surface area contributed by atoms with Crippen molar-refractivity contribution in [3.05, 3.63) is 154 Å². The van der Waals surface area contributed by atoms with E-state index in [-0.39, 0.29) is 39.6 Å². The first-order valence-corrected chi connectivity index (χ1v) is 19.8. The molecule has 0 aromatic heterocycles. The van der Waals surface area contributed by atoms with Gasteiger partial charge in [0.1, 0.15) is 30.5 Å². The summed E-state index contributed by atoms with van der Waals surface area (Å²) in [6.45, 7) is 3.00. The Hall–Kier alpha value is -5.19. The standard InChI is InChI=1S/C45H51N3O12/c1-30(49)56-41-39(36(24-47-48-46)58-44(51-3)43(41)57-31(2)50)60-45-42(55-28-35-22-14-7-15-23-35)40(54-27-34-20-12-6-13-21-34)38(53-26-33-18-10-5-11-19-33)37(59-45)29-52-25-32-16-8-4-9-17-32/h4-23,36-45H,24-29H2,1-3H3/t36-,37-,38+,39+,40+,41+,42-,43-,44-,45-/m1/s1.